The van der Waals surface area contributed by atoms with Crippen LogP contribution in [-0.4, -0.2) is 15.4 Å². The lowest BCUT2D eigenvalue weighted by Crippen LogP contribution is -2.11. The molecule has 102 valence electrons. The number of para-hydroxylation sites is 1. The Labute approximate surface area is 127 Å². The van der Waals surface area contributed by atoms with Crippen LogP contribution in [0.3, 0.4) is 0 Å². The van der Waals surface area contributed by atoms with E-state index in [1.165, 1.54) is 9.79 Å². The van der Waals surface area contributed by atoms with E-state index in [1.807, 2.05) is 30.1 Å². The minimum Gasteiger partial charge on any atom is -0.290 e. The Morgan fingerprint density at radius 2 is 1.71 bits per heavy atom. The van der Waals surface area contributed by atoms with Crippen molar-refractivity contribution < 1.29 is 0 Å². The van der Waals surface area contributed by atoms with Gasteiger partial charge in [-0.1, -0.05) is 42.1 Å². The van der Waals surface area contributed by atoms with E-state index in [2.05, 4.69) is 47.4 Å². The summed E-state index contributed by atoms with van der Waals surface area (Å²) in [6.07, 6.45) is 3.83. The number of aromatic nitrogens is 2. The second kappa shape index (κ2) is 4.90. The van der Waals surface area contributed by atoms with Crippen molar-refractivity contribution in [2.45, 2.75) is 16.7 Å². The van der Waals surface area contributed by atoms with Crippen LogP contribution >= 0.6 is 11.8 Å². The van der Waals surface area contributed by atoms with Gasteiger partial charge in [-0.15, -0.1) is 0 Å². The van der Waals surface area contributed by atoms with Gasteiger partial charge < -0.3 is 0 Å². The van der Waals surface area contributed by atoms with E-state index >= 15 is 0 Å². The Hall–Kier alpha value is -2.33. The number of aryl methyl sites for hydroxylation is 1. The molecular weight excluding hydrogens is 278 g/mol. The maximum Gasteiger partial charge on any atom is 0.147 e. The number of aliphatic imine (C=N–C) groups is 1. The lowest BCUT2D eigenvalue weighted by Gasteiger charge is -2.08. The highest BCUT2D eigenvalue weighted by Gasteiger charge is 2.18. The summed E-state index contributed by atoms with van der Waals surface area (Å²) >= 11 is 1.76. The van der Waals surface area contributed by atoms with E-state index in [0.29, 0.717) is 0 Å². The molecule has 21 heavy (non-hydrogen) atoms. The van der Waals surface area contributed by atoms with Gasteiger partial charge in [-0.3, -0.25) is 4.57 Å². The van der Waals surface area contributed by atoms with Gasteiger partial charge in [0.25, 0.3) is 0 Å². The quantitative estimate of drug-likeness (QED) is 0.484. The molecule has 0 fully saturated rings. The van der Waals surface area contributed by atoms with E-state index in [0.717, 1.165) is 22.8 Å². The van der Waals surface area contributed by atoms with Crippen LogP contribution in [-0.2, 0) is 0 Å². The maximum absolute atomic E-state index is 4.88. The van der Waals surface area contributed by atoms with Crippen molar-refractivity contribution in [3.8, 4) is 0 Å². The van der Waals surface area contributed by atoms with Crippen LogP contribution in [0.25, 0.3) is 0 Å². The molecule has 1 aliphatic rings. The smallest absolute Gasteiger partial charge is 0.147 e. The summed E-state index contributed by atoms with van der Waals surface area (Å²) in [6, 6.07) is 16.6. The molecule has 4 rings (SSSR count). The summed E-state index contributed by atoms with van der Waals surface area (Å²) in [5.41, 5.74) is 3.12. The van der Waals surface area contributed by atoms with Crippen LogP contribution in [0.5, 0.6) is 0 Å². The summed E-state index contributed by atoms with van der Waals surface area (Å²) in [5.74, 6) is 0.920. The van der Waals surface area contributed by atoms with Crippen LogP contribution in [0.2, 0.25) is 0 Å². The van der Waals surface area contributed by atoms with Gasteiger partial charge in [0.05, 0.1) is 11.4 Å². The lowest BCUT2D eigenvalue weighted by molar-refractivity contribution is 1.11. The van der Waals surface area contributed by atoms with Gasteiger partial charge in [0, 0.05) is 21.6 Å². The highest BCUT2D eigenvalue weighted by atomic mass is 32.2. The van der Waals surface area contributed by atoms with E-state index in [1.54, 1.807) is 11.8 Å². The molecule has 0 amide bonds. The second-order valence-electron chi connectivity index (χ2n) is 4.92. The normalized spacial score (nSPS) is 13.1. The topological polar surface area (TPSA) is 30.2 Å². The molecule has 0 atom stereocenters. The standard InChI is InChI=1S/C17H13N3S/c1-12-10-20(11-18-12)17-13-6-2-4-8-15(13)21-16-9-5-3-7-14(16)19-17/h2-11H,1H3. The van der Waals surface area contributed by atoms with Crippen molar-refractivity contribution in [3.05, 3.63) is 72.3 Å². The fraction of sp³-hybridized carbons (Fsp3) is 0.0588. The number of rotatable bonds is 0. The number of nitrogens with zero attached hydrogens (tertiary/aromatic N) is 3. The van der Waals surface area contributed by atoms with E-state index < -0.39 is 0 Å². The molecule has 0 unspecified atom stereocenters. The molecule has 3 aromatic rings. The average molecular weight is 291 g/mol. The number of hydrogen-bond donors (Lipinski definition) is 0. The summed E-state index contributed by atoms with van der Waals surface area (Å²) in [6.45, 7) is 1.99. The predicted octanol–water partition coefficient (Wildman–Crippen LogP) is 4.28. The monoisotopic (exact) mass is 291 g/mol. The zero-order valence-corrected chi connectivity index (χ0v) is 12.3. The first-order valence-electron chi connectivity index (χ1n) is 6.77. The van der Waals surface area contributed by atoms with Gasteiger partial charge in [-0.25, -0.2) is 9.98 Å². The lowest BCUT2D eigenvalue weighted by atomic mass is 10.2. The Morgan fingerprint density at radius 3 is 2.52 bits per heavy atom. The van der Waals surface area contributed by atoms with Crippen molar-refractivity contribution in [1.82, 2.24) is 9.55 Å². The molecule has 0 saturated heterocycles. The minimum absolute atomic E-state index is 0.920. The van der Waals surface area contributed by atoms with Crippen molar-refractivity contribution >= 4 is 23.3 Å². The van der Waals surface area contributed by atoms with Gasteiger partial charge in [-0.2, -0.15) is 0 Å². The Bertz CT molecular complexity index is 849. The van der Waals surface area contributed by atoms with Crippen LogP contribution in [0, 0.1) is 6.92 Å². The molecule has 2 aromatic carbocycles. The van der Waals surface area contributed by atoms with Crippen LogP contribution < -0.4 is 0 Å². The average Bonchev–Trinajstić information content (AvgIpc) is 2.86. The molecule has 0 radical (unpaired) electrons. The molecule has 3 nitrogen and oxygen atoms in total. The van der Waals surface area contributed by atoms with Gasteiger partial charge in [0.15, 0.2) is 0 Å². The molecule has 1 aliphatic heterocycles. The molecular formula is C17H13N3S. The second-order valence-corrected chi connectivity index (χ2v) is 6.01. The summed E-state index contributed by atoms with van der Waals surface area (Å²) in [4.78, 5) is 11.6. The fourth-order valence-corrected chi connectivity index (χ4v) is 3.42. The SMILES string of the molecule is Cc1cn(C2=Nc3ccccc3Sc3ccccc32)cn1. The first-order chi connectivity index (χ1) is 10.3. The van der Waals surface area contributed by atoms with E-state index in [9.17, 15) is 0 Å². The Kier molecular flexibility index (Phi) is 2.89. The molecule has 1 aromatic heterocycles. The third kappa shape index (κ3) is 2.17. The molecule has 4 heteroatoms. The third-order valence-electron chi connectivity index (χ3n) is 3.40. The van der Waals surface area contributed by atoms with Gasteiger partial charge in [0.1, 0.15) is 12.2 Å². The van der Waals surface area contributed by atoms with Crippen molar-refractivity contribution in [1.29, 1.82) is 0 Å². The Morgan fingerprint density at radius 1 is 0.952 bits per heavy atom. The number of imidazole rings is 1. The molecule has 2 heterocycles. The highest BCUT2D eigenvalue weighted by molar-refractivity contribution is 7.99. The first-order valence-corrected chi connectivity index (χ1v) is 7.59. The van der Waals surface area contributed by atoms with Crippen LogP contribution in [0.15, 0.2) is 75.8 Å². The van der Waals surface area contributed by atoms with Gasteiger partial charge >= 0.3 is 0 Å². The van der Waals surface area contributed by atoms with E-state index in [4.69, 9.17) is 4.99 Å². The zero-order valence-electron chi connectivity index (χ0n) is 11.5. The molecule has 0 saturated carbocycles. The van der Waals surface area contributed by atoms with Crippen molar-refractivity contribution in [3.63, 3.8) is 0 Å². The predicted molar refractivity (Wildman–Crippen MR) is 85.6 cm³/mol. The van der Waals surface area contributed by atoms with Crippen molar-refractivity contribution in [2.24, 2.45) is 4.99 Å². The highest BCUT2D eigenvalue weighted by Crippen LogP contribution is 2.40. The molecule has 0 bridgehead atoms. The molecule has 0 N–H and O–H groups in total. The van der Waals surface area contributed by atoms with Crippen LogP contribution in [0.4, 0.5) is 5.69 Å². The molecule has 0 aliphatic carbocycles. The van der Waals surface area contributed by atoms with Gasteiger partial charge in [-0.05, 0) is 25.1 Å². The largest absolute Gasteiger partial charge is 0.290 e. The molecule has 0 spiro atoms. The van der Waals surface area contributed by atoms with Gasteiger partial charge in [0.2, 0.25) is 0 Å². The summed E-state index contributed by atoms with van der Waals surface area (Å²) in [5, 5.41) is 0. The third-order valence-corrected chi connectivity index (χ3v) is 4.54. The van der Waals surface area contributed by atoms with E-state index in [-0.39, 0.29) is 0 Å². The maximum atomic E-state index is 4.88. The van der Waals surface area contributed by atoms with Crippen LogP contribution in [0.1, 0.15) is 11.3 Å². The number of benzene rings is 2. The summed E-state index contributed by atoms with van der Waals surface area (Å²) in [7, 11) is 0. The minimum atomic E-state index is 0.920. The fourth-order valence-electron chi connectivity index (χ4n) is 2.40. The van der Waals surface area contributed by atoms with Crippen molar-refractivity contribution in [2.75, 3.05) is 0 Å². The summed E-state index contributed by atoms with van der Waals surface area (Å²) < 4.78 is 2.00. The number of hydrogen-bond acceptors (Lipinski definition) is 3. The Balaban J connectivity index is 2.00. The number of fused-ring (bicyclic) bond motifs is 2. The first kappa shape index (κ1) is 12.4. The zero-order chi connectivity index (χ0) is 14.2.